The second kappa shape index (κ2) is 7.83. The molecule has 2 amide bonds. The third kappa shape index (κ3) is 2.71. The minimum Gasteiger partial charge on any atom is -0.450 e. The average Bonchev–Trinajstić information content (AvgIpc) is 3.51. The number of anilines is 2. The van der Waals surface area contributed by atoms with Crippen LogP contribution in [0.2, 0.25) is 0 Å². The average molecular weight is 501 g/mol. The fourth-order valence-electron chi connectivity index (χ4n) is 5.34. The van der Waals surface area contributed by atoms with Gasteiger partial charge < -0.3 is 9.32 Å². The van der Waals surface area contributed by atoms with Gasteiger partial charge in [0, 0.05) is 12.1 Å². The summed E-state index contributed by atoms with van der Waals surface area (Å²) in [6.45, 7) is 8.22. The van der Waals surface area contributed by atoms with E-state index in [1.165, 1.54) is 16.2 Å². The summed E-state index contributed by atoms with van der Waals surface area (Å²) in [6, 6.07) is 10.9. The fourth-order valence-corrected chi connectivity index (χ4v) is 6.17. The second-order valence-electron chi connectivity index (χ2n) is 9.22. The SMILES string of the molecule is CCCN1C(=O)C2(c3ccccc31)c1c(oc3cc(C)c(C)cc3c1=O)C(=O)N2c1nnc(CC)s1. The number of para-hydroxylation sites is 1. The maximum Gasteiger partial charge on any atom is 0.297 e. The predicted molar refractivity (Wildman–Crippen MR) is 138 cm³/mol. The van der Waals surface area contributed by atoms with Crippen LogP contribution in [-0.2, 0) is 16.8 Å². The molecule has 2 aromatic heterocycles. The number of hydrogen-bond acceptors (Lipinski definition) is 7. The molecule has 6 rings (SSSR count). The Morgan fingerprint density at radius 2 is 1.78 bits per heavy atom. The van der Waals surface area contributed by atoms with Gasteiger partial charge in [-0.3, -0.25) is 19.3 Å². The van der Waals surface area contributed by atoms with Gasteiger partial charge in [0.1, 0.15) is 10.6 Å². The van der Waals surface area contributed by atoms with Gasteiger partial charge in [0.15, 0.2) is 11.0 Å². The standard InChI is InChI=1S/C27H24N4O4S/c1-5-11-30-18-10-8-7-9-17(18)27(25(30)34)21-22(32)16-12-14(3)15(4)13-19(16)35-23(21)24(33)31(27)26-29-28-20(6-2)36-26/h7-10,12-13H,5-6,11H2,1-4H3. The third-order valence-electron chi connectivity index (χ3n) is 7.14. The number of nitrogens with zero attached hydrogens (tertiary/aromatic N) is 4. The van der Waals surface area contributed by atoms with E-state index in [-0.39, 0.29) is 27.8 Å². The summed E-state index contributed by atoms with van der Waals surface area (Å²) in [5.41, 5.74) is 1.38. The number of fused-ring (bicyclic) bond motifs is 5. The van der Waals surface area contributed by atoms with E-state index in [9.17, 15) is 14.4 Å². The summed E-state index contributed by atoms with van der Waals surface area (Å²) in [7, 11) is 0. The highest BCUT2D eigenvalue weighted by molar-refractivity contribution is 7.15. The quantitative estimate of drug-likeness (QED) is 0.410. The molecule has 0 radical (unpaired) electrons. The first-order valence-corrected chi connectivity index (χ1v) is 12.8. The first-order valence-electron chi connectivity index (χ1n) is 12.0. The minimum absolute atomic E-state index is 0.0487. The summed E-state index contributed by atoms with van der Waals surface area (Å²) >= 11 is 1.24. The maximum absolute atomic E-state index is 14.5. The van der Waals surface area contributed by atoms with Gasteiger partial charge in [0.05, 0.1) is 16.6 Å². The van der Waals surface area contributed by atoms with E-state index in [0.717, 1.165) is 16.1 Å². The Bertz CT molecular complexity index is 1660. The third-order valence-corrected chi connectivity index (χ3v) is 8.19. The Kier molecular flexibility index (Phi) is 4.91. The lowest BCUT2D eigenvalue weighted by molar-refractivity contribution is -0.121. The van der Waals surface area contributed by atoms with Crippen LogP contribution in [0, 0.1) is 13.8 Å². The van der Waals surface area contributed by atoms with Crippen LogP contribution in [0.15, 0.2) is 45.6 Å². The topological polar surface area (TPSA) is 96.6 Å². The van der Waals surface area contributed by atoms with E-state index in [4.69, 9.17) is 4.42 Å². The molecule has 2 aliphatic heterocycles. The highest BCUT2D eigenvalue weighted by Crippen LogP contribution is 2.54. The molecule has 0 aliphatic carbocycles. The number of benzene rings is 2. The smallest absolute Gasteiger partial charge is 0.297 e. The minimum atomic E-state index is -1.71. The lowest BCUT2D eigenvalue weighted by Gasteiger charge is -2.32. The number of aromatic nitrogens is 2. The molecule has 2 aromatic carbocycles. The Hall–Kier alpha value is -3.85. The van der Waals surface area contributed by atoms with Crippen molar-refractivity contribution in [2.75, 3.05) is 16.3 Å². The van der Waals surface area contributed by atoms with Gasteiger partial charge in [0.25, 0.3) is 11.8 Å². The predicted octanol–water partition coefficient (Wildman–Crippen LogP) is 4.48. The molecule has 0 saturated carbocycles. The molecule has 1 unspecified atom stereocenters. The molecular formula is C27H24N4O4S. The zero-order valence-corrected chi connectivity index (χ0v) is 21.2. The van der Waals surface area contributed by atoms with Crippen molar-refractivity contribution in [3.05, 3.63) is 79.6 Å². The van der Waals surface area contributed by atoms with Crippen molar-refractivity contribution in [2.24, 2.45) is 0 Å². The van der Waals surface area contributed by atoms with Crippen LogP contribution in [0.5, 0.6) is 0 Å². The van der Waals surface area contributed by atoms with Crippen LogP contribution in [0.1, 0.15) is 58.1 Å². The summed E-state index contributed by atoms with van der Waals surface area (Å²) in [5.74, 6) is -1.05. The van der Waals surface area contributed by atoms with Gasteiger partial charge in [-0.2, -0.15) is 0 Å². The zero-order valence-electron chi connectivity index (χ0n) is 20.4. The van der Waals surface area contributed by atoms with E-state index in [1.807, 2.05) is 52.0 Å². The van der Waals surface area contributed by atoms with Crippen molar-refractivity contribution in [3.63, 3.8) is 0 Å². The van der Waals surface area contributed by atoms with E-state index in [2.05, 4.69) is 10.2 Å². The number of rotatable bonds is 4. The summed E-state index contributed by atoms with van der Waals surface area (Å²) in [4.78, 5) is 45.8. The maximum atomic E-state index is 14.5. The molecule has 8 nitrogen and oxygen atoms in total. The van der Waals surface area contributed by atoms with Crippen LogP contribution in [0.3, 0.4) is 0 Å². The second-order valence-corrected chi connectivity index (χ2v) is 10.3. The van der Waals surface area contributed by atoms with Gasteiger partial charge in [-0.25, -0.2) is 0 Å². The van der Waals surface area contributed by atoms with E-state index >= 15 is 0 Å². The van der Waals surface area contributed by atoms with Crippen molar-refractivity contribution < 1.29 is 14.0 Å². The Labute approximate surface area is 211 Å². The van der Waals surface area contributed by atoms with Gasteiger partial charge in [0.2, 0.25) is 10.9 Å². The van der Waals surface area contributed by atoms with Crippen LogP contribution in [0.4, 0.5) is 10.8 Å². The van der Waals surface area contributed by atoms with Crippen LogP contribution >= 0.6 is 11.3 Å². The zero-order chi connectivity index (χ0) is 25.4. The van der Waals surface area contributed by atoms with Gasteiger partial charge in [-0.15, -0.1) is 10.2 Å². The van der Waals surface area contributed by atoms with Crippen LogP contribution in [-0.4, -0.2) is 28.6 Å². The number of carbonyl (C=O) groups excluding carboxylic acids is 2. The molecule has 0 fully saturated rings. The number of hydrogen-bond donors (Lipinski definition) is 0. The normalized spacial score (nSPS) is 18.6. The van der Waals surface area contributed by atoms with Crippen molar-refractivity contribution in [2.45, 2.75) is 46.1 Å². The molecule has 0 saturated heterocycles. The summed E-state index contributed by atoms with van der Waals surface area (Å²) in [5, 5.41) is 9.83. The molecule has 4 heterocycles. The lowest BCUT2D eigenvalue weighted by Crippen LogP contribution is -2.53. The molecule has 0 bridgehead atoms. The monoisotopic (exact) mass is 500 g/mol. The number of aryl methyl sites for hydroxylation is 3. The Balaban J connectivity index is 1.77. The Morgan fingerprint density at radius 1 is 1.03 bits per heavy atom. The van der Waals surface area contributed by atoms with E-state index in [1.54, 1.807) is 17.0 Å². The van der Waals surface area contributed by atoms with Crippen molar-refractivity contribution >= 4 is 44.9 Å². The van der Waals surface area contributed by atoms with Crippen molar-refractivity contribution in [1.29, 1.82) is 0 Å². The molecule has 1 spiro atoms. The van der Waals surface area contributed by atoms with Crippen LogP contribution < -0.4 is 15.2 Å². The van der Waals surface area contributed by atoms with E-state index in [0.29, 0.717) is 41.6 Å². The lowest BCUT2D eigenvalue weighted by atomic mass is 9.84. The molecule has 9 heteroatoms. The summed E-state index contributed by atoms with van der Waals surface area (Å²) in [6.07, 6.45) is 1.34. The molecule has 182 valence electrons. The van der Waals surface area contributed by atoms with Gasteiger partial charge in [-0.05, 0) is 56.0 Å². The molecule has 0 N–H and O–H groups in total. The summed E-state index contributed by atoms with van der Waals surface area (Å²) < 4.78 is 6.16. The first-order chi connectivity index (χ1) is 17.3. The van der Waals surface area contributed by atoms with Gasteiger partial charge >= 0.3 is 0 Å². The van der Waals surface area contributed by atoms with Crippen molar-refractivity contribution in [3.8, 4) is 0 Å². The first kappa shape index (κ1) is 22.6. The van der Waals surface area contributed by atoms with Gasteiger partial charge in [-0.1, -0.05) is 43.4 Å². The highest BCUT2D eigenvalue weighted by atomic mass is 32.1. The highest BCUT2D eigenvalue weighted by Gasteiger charge is 2.66. The molecule has 2 aliphatic rings. The Morgan fingerprint density at radius 3 is 2.50 bits per heavy atom. The van der Waals surface area contributed by atoms with Crippen LogP contribution in [0.25, 0.3) is 11.0 Å². The number of carbonyl (C=O) groups is 2. The van der Waals surface area contributed by atoms with Crippen molar-refractivity contribution in [1.82, 2.24) is 10.2 Å². The molecule has 1 atom stereocenters. The fraction of sp³-hybridized carbons (Fsp3) is 0.296. The molecule has 36 heavy (non-hydrogen) atoms. The van der Waals surface area contributed by atoms with E-state index < -0.39 is 11.4 Å². The molecular weight excluding hydrogens is 476 g/mol. The largest absolute Gasteiger partial charge is 0.450 e. The number of amides is 2. The molecule has 4 aromatic rings.